The summed E-state index contributed by atoms with van der Waals surface area (Å²) >= 11 is 0. The van der Waals surface area contributed by atoms with Gasteiger partial charge in [0.25, 0.3) is 0 Å². The monoisotopic (exact) mass is 317 g/mol. The van der Waals surface area contributed by atoms with Gasteiger partial charge >= 0.3 is 5.97 Å². The third-order valence-corrected chi connectivity index (χ3v) is 3.94. The molecule has 5 heteroatoms. The van der Waals surface area contributed by atoms with E-state index in [0.29, 0.717) is 0 Å². The number of hydrogen-bond acceptors (Lipinski definition) is 3. The SMILES string of the molecule is O=C1C[C@@H](Cc2cc(F)ccc2F)N[C@@H](c2ccccc2)CO1. The van der Waals surface area contributed by atoms with Crippen molar-refractivity contribution in [3.63, 3.8) is 0 Å². The van der Waals surface area contributed by atoms with Gasteiger partial charge in [0.1, 0.15) is 18.2 Å². The third-order valence-electron chi connectivity index (χ3n) is 3.94. The molecule has 23 heavy (non-hydrogen) atoms. The van der Waals surface area contributed by atoms with Crippen molar-refractivity contribution in [1.82, 2.24) is 5.32 Å². The largest absolute Gasteiger partial charge is 0.464 e. The minimum absolute atomic E-state index is 0.124. The highest BCUT2D eigenvalue weighted by atomic mass is 19.1. The lowest BCUT2D eigenvalue weighted by Gasteiger charge is -2.21. The number of rotatable bonds is 3. The Balaban J connectivity index is 1.79. The molecule has 0 aliphatic carbocycles. The Hall–Kier alpha value is -2.27. The lowest BCUT2D eigenvalue weighted by molar-refractivity contribution is -0.143. The zero-order valence-electron chi connectivity index (χ0n) is 12.5. The van der Waals surface area contributed by atoms with Crippen molar-refractivity contribution < 1.29 is 18.3 Å². The first-order valence-corrected chi connectivity index (χ1v) is 7.52. The summed E-state index contributed by atoms with van der Waals surface area (Å²) in [6.07, 6.45) is 0.349. The maximum absolute atomic E-state index is 13.8. The molecule has 0 spiro atoms. The fraction of sp³-hybridized carbons (Fsp3) is 0.278. The molecule has 3 rings (SSSR count). The van der Waals surface area contributed by atoms with Crippen molar-refractivity contribution in [2.45, 2.75) is 24.9 Å². The van der Waals surface area contributed by atoms with Crippen LogP contribution in [-0.4, -0.2) is 18.6 Å². The van der Waals surface area contributed by atoms with E-state index in [0.717, 1.165) is 17.7 Å². The van der Waals surface area contributed by atoms with E-state index in [1.54, 1.807) is 0 Å². The normalized spacial score (nSPS) is 21.6. The summed E-state index contributed by atoms with van der Waals surface area (Å²) in [6, 6.07) is 12.5. The van der Waals surface area contributed by atoms with E-state index < -0.39 is 11.6 Å². The second kappa shape index (κ2) is 6.87. The highest BCUT2D eigenvalue weighted by Crippen LogP contribution is 2.21. The molecule has 2 atom stereocenters. The molecule has 1 fully saturated rings. The van der Waals surface area contributed by atoms with Crippen LogP contribution in [0, 0.1) is 11.6 Å². The van der Waals surface area contributed by atoms with Gasteiger partial charge in [0.2, 0.25) is 0 Å². The van der Waals surface area contributed by atoms with Gasteiger partial charge < -0.3 is 10.1 Å². The average Bonchev–Trinajstić information content (AvgIpc) is 2.73. The topological polar surface area (TPSA) is 38.3 Å². The summed E-state index contributed by atoms with van der Waals surface area (Å²) in [6.45, 7) is 0.227. The van der Waals surface area contributed by atoms with Crippen LogP contribution >= 0.6 is 0 Å². The minimum Gasteiger partial charge on any atom is -0.464 e. The maximum Gasteiger partial charge on any atom is 0.307 e. The third kappa shape index (κ3) is 3.93. The number of ether oxygens (including phenoxy) is 1. The van der Waals surface area contributed by atoms with Crippen LogP contribution < -0.4 is 5.32 Å². The van der Waals surface area contributed by atoms with Gasteiger partial charge in [-0.15, -0.1) is 0 Å². The van der Waals surface area contributed by atoms with Crippen molar-refractivity contribution in [3.8, 4) is 0 Å². The molecule has 3 nitrogen and oxygen atoms in total. The van der Waals surface area contributed by atoms with Gasteiger partial charge in [-0.3, -0.25) is 4.79 Å². The summed E-state index contributed by atoms with van der Waals surface area (Å²) in [5, 5.41) is 3.32. The molecule has 0 aromatic heterocycles. The molecular weight excluding hydrogens is 300 g/mol. The van der Waals surface area contributed by atoms with Crippen LogP contribution in [0.3, 0.4) is 0 Å². The van der Waals surface area contributed by atoms with Gasteiger partial charge in [-0.1, -0.05) is 30.3 Å². The summed E-state index contributed by atoms with van der Waals surface area (Å²) in [7, 11) is 0. The molecule has 120 valence electrons. The van der Waals surface area contributed by atoms with E-state index in [4.69, 9.17) is 4.74 Å². The number of carbonyl (C=O) groups excluding carboxylic acids is 1. The molecule has 1 aliphatic rings. The molecular formula is C18H17F2NO2. The van der Waals surface area contributed by atoms with Gasteiger partial charge in [-0.2, -0.15) is 0 Å². The van der Waals surface area contributed by atoms with Crippen molar-refractivity contribution in [2.75, 3.05) is 6.61 Å². The molecule has 0 unspecified atom stereocenters. The molecule has 0 bridgehead atoms. The van der Waals surface area contributed by atoms with Gasteiger partial charge in [0.15, 0.2) is 0 Å². The fourth-order valence-corrected chi connectivity index (χ4v) is 2.80. The molecule has 0 radical (unpaired) electrons. The van der Waals surface area contributed by atoms with Crippen LogP contribution in [0.1, 0.15) is 23.6 Å². The Morgan fingerprint density at radius 3 is 2.70 bits per heavy atom. The predicted molar refractivity (Wildman–Crippen MR) is 81.7 cm³/mol. The Morgan fingerprint density at radius 1 is 1.13 bits per heavy atom. The fourth-order valence-electron chi connectivity index (χ4n) is 2.80. The van der Waals surface area contributed by atoms with E-state index in [2.05, 4.69) is 5.32 Å². The zero-order chi connectivity index (χ0) is 16.2. The standard InChI is InChI=1S/C18H17F2NO2/c19-14-6-7-16(20)13(8-14)9-15-10-18(22)23-11-17(21-15)12-4-2-1-3-5-12/h1-8,15,17,21H,9-11H2/t15-,17-/m1/s1. The van der Waals surface area contributed by atoms with Crippen molar-refractivity contribution in [1.29, 1.82) is 0 Å². The van der Waals surface area contributed by atoms with Crippen molar-refractivity contribution in [2.24, 2.45) is 0 Å². The smallest absolute Gasteiger partial charge is 0.307 e. The number of benzene rings is 2. The van der Waals surface area contributed by atoms with Crippen molar-refractivity contribution in [3.05, 3.63) is 71.3 Å². The maximum atomic E-state index is 13.8. The quantitative estimate of drug-likeness (QED) is 0.884. The number of cyclic esters (lactones) is 1. The molecule has 1 aliphatic heterocycles. The molecule has 0 amide bonds. The van der Waals surface area contributed by atoms with Gasteiger partial charge in [-0.05, 0) is 35.7 Å². The van der Waals surface area contributed by atoms with Crippen LogP contribution in [0.2, 0.25) is 0 Å². The van der Waals surface area contributed by atoms with E-state index in [-0.39, 0.29) is 43.1 Å². The Bertz CT molecular complexity index is 691. The summed E-state index contributed by atoms with van der Waals surface area (Å²) in [4.78, 5) is 11.8. The average molecular weight is 317 g/mol. The van der Waals surface area contributed by atoms with Crippen LogP contribution in [0.15, 0.2) is 48.5 Å². The Labute approximate surface area is 133 Å². The van der Waals surface area contributed by atoms with E-state index >= 15 is 0 Å². The van der Waals surface area contributed by atoms with Crippen LogP contribution in [0.5, 0.6) is 0 Å². The first-order valence-electron chi connectivity index (χ1n) is 7.52. The Kier molecular flexibility index (Phi) is 4.67. The van der Waals surface area contributed by atoms with E-state index in [1.807, 2.05) is 30.3 Å². The zero-order valence-corrected chi connectivity index (χ0v) is 12.5. The first kappa shape index (κ1) is 15.6. The number of esters is 1. The number of nitrogens with one attached hydrogen (secondary N) is 1. The molecule has 2 aromatic carbocycles. The van der Waals surface area contributed by atoms with Crippen molar-refractivity contribution >= 4 is 5.97 Å². The molecule has 1 heterocycles. The number of halogens is 2. The van der Waals surface area contributed by atoms with Crippen LogP contribution in [-0.2, 0) is 16.0 Å². The minimum atomic E-state index is -0.489. The summed E-state index contributed by atoms with van der Waals surface area (Å²) in [5.74, 6) is -1.29. The lowest BCUT2D eigenvalue weighted by atomic mass is 10.0. The molecule has 2 aromatic rings. The number of carbonyl (C=O) groups is 1. The number of hydrogen-bond donors (Lipinski definition) is 1. The van der Waals surface area contributed by atoms with E-state index in [1.165, 1.54) is 6.07 Å². The Morgan fingerprint density at radius 2 is 1.91 bits per heavy atom. The molecule has 1 N–H and O–H groups in total. The highest BCUT2D eigenvalue weighted by Gasteiger charge is 2.26. The summed E-state index contributed by atoms with van der Waals surface area (Å²) < 4.78 is 32.4. The van der Waals surface area contributed by atoms with Gasteiger partial charge in [0, 0.05) is 6.04 Å². The van der Waals surface area contributed by atoms with Crippen LogP contribution in [0.4, 0.5) is 8.78 Å². The van der Waals surface area contributed by atoms with Gasteiger partial charge in [-0.25, -0.2) is 8.78 Å². The predicted octanol–water partition coefficient (Wildman–Crippen LogP) is 3.15. The van der Waals surface area contributed by atoms with E-state index in [9.17, 15) is 13.6 Å². The van der Waals surface area contributed by atoms with Gasteiger partial charge in [0.05, 0.1) is 12.5 Å². The lowest BCUT2D eigenvalue weighted by Crippen LogP contribution is -2.35. The molecule has 1 saturated heterocycles. The first-order chi connectivity index (χ1) is 11.1. The highest BCUT2D eigenvalue weighted by molar-refractivity contribution is 5.70. The van der Waals surface area contributed by atoms with Crippen LogP contribution in [0.25, 0.3) is 0 Å². The second-order valence-corrected chi connectivity index (χ2v) is 5.65. The molecule has 0 saturated carbocycles. The summed E-state index contributed by atoms with van der Waals surface area (Å²) in [5.41, 5.74) is 1.25. The second-order valence-electron chi connectivity index (χ2n) is 5.65.